The minimum atomic E-state index is -0.508. The van der Waals surface area contributed by atoms with Gasteiger partial charge in [0.1, 0.15) is 5.54 Å². The van der Waals surface area contributed by atoms with Gasteiger partial charge in [0.25, 0.3) is 0 Å². The van der Waals surface area contributed by atoms with Gasteiger partial charge in [-0.1, -0.05) is 20.8 Å². The van der Waals surface area contributed by atoms with Crippen molar-refractivity contribution in [3.8, 4) is 0 Å². The third-order valence-electron chi connectivity index (χ3n) is 4.68. The molecule has 0 aromatic carbocycles. The molecule has 1 aliphatic rings. The van der Waals surface area contributed by atoms with E-state index in [2.05, 4.69) is 37.9 Å². The summed E-state index contributed by atoms with van der Waals surface area (Å²) in [5, 5.41) is 3.56. The summed E-state index contributed by atoms with van der Waals surface area (Å²) in [5.74, 6) is 0.379. The second-order valence-electron chi connectivity index (χ2n) is 6.21. The van der Waals surface area contributed by atoms with E-state index in [4.69, 9.17) is 4.74 Å². The minimum absolute atomic E-state index is 0.0531. The van der Waals surface area contributed by atoms with Crippen molar-refractivity contribution in [2.24, 2.45) is 5.92 Å². The first kappa shape index (κ1) is 18.4. The van der Waals surface area contributed by atoms with Crippen LogP contribution in [0.25, 0.3) is 0 Å². The number of ether oxygens (including phenoxy) is 1. The molecule has 2 unspecified atom stereocenters. The van der Waals surface area contributed by atoms with E-state index in [1.807, 2.05) is 6.92 Å². The van der Waals surface area contributed by atoms with E-state index in [1.165, 1.54) is 0 Å². The minimum Gasteiger partial charge on any atom is -0.465 e. The van der Waals surface area contributed by atoms with Crippen molar-refractivity contribution in [3.05, 3.63) is 0 Å². The topological polar surface area (TPSA) is 41.6 Å². The summed E-state index contributed by atoms with van der Waals surface area (Å²) < 4.78 is 5.44. The number of likely N-dealkylation sites (N-methyl/N-ethyl adjacent to an activating group) is 1. The first-order valence-corrected chi connectivity index (χ1v) is 8.71. The Kier molecular flexibility index (Phi) is 7.67. The van der Waals surface area contributed by atoms with Gasteiger partial charge in [0.05, 0.1) is 6.61 Å². The van der Waals surface area contributed by atoms with Crippen molar-refractivity contribution in [1.29, 1.82) is 0 Å². The molecule has 0 bridgehead atoms. The first-order chi connectivity index (χ1) is 10.1. The third-order valence-corrected chi connectivity index (χ3v) is 4.68. The molecule has 1 N–H and O–H groups in total. The fourth-order valence-electron chi connectivity index (χ4n) is 2.97. The van der Waals surface area contributed by atoms with Gasteiger partial charge in [0.2, 0.25) is 0 Å². The number of hydrogen-bond donors (Lipinski definition) is 1. The average molecular weight is 298 g/mol. The van der Waals surface area contributed by atoms with Crippen LogP contribution in [0.5, 0.6) is 0 Å². The number of hydrogen-bond acceptors (Lipinski definition) is 4. The molecule has 0 aromatic heterocycles. The maximum atomic E-state index is 12.7. The molecule has 0 aromatic rings. The molecule has 1 aliphatic carbocycles. The van der Waals surface area contributed by atoms with Crippen molar-refractivity contribution >= 4 is 5.97 Å². The van der Waals surface area contributed by atoms with Crippen molar-refractivity contribution < 1.29 is 9.53 Å². The zero-order chi connectivity index (χ0) is 15.9. The zero-order valence-corrected chi connectivity index (χ0v) is 14.6. The summed E-state index contributed by atoms with van der Waals surface area (Å²) in [6, 6.07) is 0.492. The summed E-state index contributed by atoms with van der Waals surface area (Å²) in [7, 11) is 0. The molecule has 0 heterocycles. The number of carbonyl (C=O) groups excluding carboxylic acids is 1. The molecule has 4 heteroatoms. The summed E-state index contributed by atoms with van der Waals surface area (Å²) in [5.41, 5.74) is -0.508. The van der Waals surface area contributed by atoms with Gasteiger partial charge in [0.15, 0.2) is 0 Å². The molecule has 0 spiro atoms. The molecule has 0 saturated heterocycles. The summed E-state index contributed by atoms with van der Waals surface area (Å²) in [4.78, 5) is 15.1. The number of esters is 1. The van der Waals surface area contributed by atoms with E-state index in [1.54, 1.807) is 0 Å². The van der Waals surface area contributed by atoms with Gasteiger partial charge in [-0.25, -0.2) is 4.79 Å². The lowest BCUT2D eigenvalue weighted by Crippen LogP contribution is -2.62. The SMILES string of the molecule is CCCNC(CN(CC)C(C)CC)(C(=O)OCC)C1CC1. The fraction of sp³-hybridized carbons (Fsp3) is 0.941. The van der Waals surface area contributed by atoms with E-state index < -0.39 is 5.54 Å². The van der Waals surface area contributed by atoms with Gasteiger partial charge in [-0.2, -0.15) is 0 Å². The third kappa shape index (κ3) is 4.68. The highest BCUT2D eigenvalue weighted by atomic mass is 16.5. The van der Waals surface area contributed by atoms with Gasteiger partial charge in [-0.15, -0.1) is 0 Å². The molecule has 124 valence electrons. The van der Waals surface area contributed by atoms with Crippen LogP contribution < -0.4 is 5.32 Å². The van der Waals surface area contributed by atoms with Crippen LogP contribution in [-0.2, 0) is 9.53 Å². The number of nitrogens with zero attached hydrogens (tertiary/aromatic N) is 1. The normalized spacial score (nSPS) is 19.3. The molecule has 0 radical (unpaired) electrons. The first-order valence-electron chi connectivity index (χ1n) is 8.71. The highest BCUT2D eigenvalue weighted by Crippen LogP contribution is 2.41. The van der Waals surface area contributed by atoms with Gasteiger partial charge >= 0.3 is 5.97 Å². The lowest BCUT2D eigenvalue weighted by Gasteiger charge is -2.39. The van der Waals surface area contributed by atoms with Gasteiger partial charge in [-0.05, 0) is 58.5 Å². The lowest BCUT2D eigenvalue weighted by atomic mass is 9.91. The average Bonchev–Trinajstić information content (AvgIpc) is 3.32. The van der Waals surface area contributed by atoms with E-state index in [9.17, 15) is 4.79 Å². The van der Waals surface area contributed by atoms with Crippen LogP contribution in [0.3, 0.4) is 0 Å². The smallest absolute Gasteiger partial charge is 0.327 e. The fourth-order valence-corrected chi connectivity index (χ4v) is 2.97. The van der Waals surface area contributed by atoms with Crippen LogP contribution in [0.2, 0.25) is 0 Å². The molecule has 0 aliphatic heterocycles. The Hall–Kier alpha value is -0.610. The summed E-state index contributed by atoms with van der Waals surface area (Å²) in [6.07, 6.45) is 4.40. The van der Waals surface area contributed by atoms with Gasteiger partial charge in [0, 0.05) is 12.6 Å². The zero-order valence-electron chi connectivity index (χ0n) is 14.6. The van der Waals surface area contributed by atoms with Crippen molar-refractivity contribution in [2.75, 3.05) is 26.2 Å². The molecule has 21 heavy (non-hydrogen) atoms. The Labute approximate surface area is 130 Å². The van der Waals surface area contributed by atoms with Gasteiger partial charge in [-0.3, -0.25) is 4.90 Å². The maximum absolute atomic E-state index is 12.7. The number of carbonyl (C=O) groups is 1. The largest absolute Gasteiger partial charge is 0.465 e. The highest BCUT2D eigenvalue weighted by Gasteiger charge is 2.52. The quantitative estimate of drug-likeness (QED) is 0.596. The molecule has 1 fully saturated rings. The van der Waals surface area contributed by atoms with Crippen molar-refractivity contribution in [3.63, 3.8) is 0 Å². The van der Waals surface area contributed by atoms with Crippen LogP contribution >= 0.6 is 0 Å². The number of nitrogens with one attached hydrogen (secondary N) is 1. The van der Waals surface area contributed by atoms with E-state index in [0.717, 1.165) is 45.3 Å². The monoisotopic (exact) mass is 298 g/mol. The predicted octanol–water partition coefficient (Wildman–Crippen LogP) is 2.82. The molecule has 4 nitrogen and oxygen atoms in total. The van der Waals surface area contributed by atoms with Crippen molar-refractivity contribution in [1.82, 2.24) is 10.2 Å². The maximum Gasteiger partial charge on any atom is 0.327 e. The molecule has 1 rings (SSSR count). The Morgan fingerprint density at radius 2 is 2.00 bits per heavy atom. The second-order valence-corrected chi connectivity index (χ2v) is 6.21. The Balaban J connectivity index is 2.94. The van der Waals surface area contributed by atoms with E-state index in [0.29, 0.717) is 18.6 Å². The molecule has 2 atom stereocenters. The second kappa shape index (κ2) is 8.74. The van der Waals surface area contributed by atoms with Crippen LogP contribution in [-0.4, -0.2) is 48.7 Å². The summed E-state index contributed by atoms with van der Waals surface area (Å²) >= 11 is 0. The lowest BCUT2D eigenvalue weighted by molar-refractivity contribution is -0.153. The standard InChI is InChI=1S/C17H34N2O2/c1-6-12-18-17(15-10-11-15,16(20)21-9-4)13-19(8-3)14(5)7-2/h14-15,18H,6-13H2,1-5H3. The summed E-state index contributed by atoms with van der Waals surface area (Å²) in [6.45, 7) is 13.7. The molecule has 1 saturated carbocycles. The number of rotatable bonds is 11. The van der Waals surface area contributed by atoms with Crippen LogP contribution in [0, 0.1) is 5.92 Å². The Morgan fingerprint density at radius 3 is 2.43 bits per heavy atom. The highest BCUT2D eigenvalue weighted by molar-refractivity contribution is 5.82. The van der Waals surface area contributed by atoms with Crippen LogP contribution in [0.15, 0.2) is 0 Å². The molecule has 0 amide bonds. The predicted molar refractivity (Wildman–Crippen MR) is 87.4 cm³/mol. The van der Waals surface area contributed by atoms with E-state index in [-0.39, 0.29) is 5.97 Å². The van der Waals surface area contributed by atoms with Crippen LogP contribution in [0.1, 0.15) is 60.3 Å². The van der Waals surface area contributed by atoms with Crippen LogP contribution in [0.4, 0.5) is 0 Å². The van der Waals surface area contributed by atoms with Gasteiger partial charge < -0.3 is 10.1 Å². The molecular weight excluding hydrogens is 264 g/mol. The van der Waals surface area contributed by atoms with Crippen molar-refractivity contribution in [2.45, 2.75) is 71.9 Å². The Morgan fingerprint density at radius 1 is 1.33 bits per heavy atom. The Bertz CT molecular complexity index is 318. The van der Waals surface area contributed by atoms with E-state index >= 15 is 0 Å². The molecular formula is C17H34N2O2.